The zero-order valence-electron chi connectivity index (χ0n) is 13.2. The van der Waals surface area contributed by atoms with Crippen LogP contribution in [0.2, 0.25) is 0 Å². The van der Waals surface area contributed by atoms with Gasteiger partial charge in [-0.25, -0.2) is 9.97 Å². The minimum absolute atomic E-state index is 0.0655. The van der Waals surface area contributed by atoms with Gasteiger partial charge in [0.15, 0.2) is 11.6 Å². The Morgan fingerprint density at radius 1 is 1.12 bits per heavy atom. The van der Waals surface area contributed by atoms with E-state index in [9.17, 15) is 0 Å². The van der Waals surface area contributed by atoms with E-state index in [-0.39, 0.29) is 6.10 Å². The highest BCUT2D eigenvalue weighted by molar-refractivity contribution is 5.45. The summed E-state index contributed by atoms with van der Waals surface area (Å²) >= 11 is 0. The first-order chi connectivity index (χ1) is 11.9. The van der Waals surface area contributed by atoms with Crippen LogP contribution < -0.4 is 0 Å². The zero-order valence-corrected chi connectivity index (χ0v) is 13.2. The Balaban J connectivity index is 1.41. The Bertz CT molecular complexity index is 759. The summed E-state index contributed by atoms with van der Waals surface area (Å²) in [5.74, 6) is 1.29. The van der Waals surface area contributed by atoms with Crippen LogP contribution >= 0.6 is 0 Å². The molecule has 1 aliphatic rings. The predicted octanol–water partition coefficient (Wildman–Crippen LogP) is 2.71. The first-order valence-corrected chi connectivity index (χ1v) is 7.97. The van der Waals surface area contributed by atoms with Crippen molar-refractivity contribution in [1.29, 1.82) is 0 Å². The van der Waals surface area contributed by atoms with Crippen LogP contribution in [0.3, 0.4) is 0 Å². The van der Waals surface area contributed by atoms with Crippen molar-refractivity contribution >= 4 is 0 Å². The third-order valence-electron chi connectivity index (χ3n) is 4.06. The molecule has 1 aliphatic heterocycles. The van der Waals surface area contributed by atoms with Gasteiger partial charge < -0.3 is 9.15 Å². The lowest BCUT2D eigenvalue weighted by molar-refractivity contribution is -0.0331. The van der Waals surface area contributed by atoms with Crippen LogP contribution in [-0.4, -0.2) is 39.5 Å². The molecule has 0 N–H and O–H groups in total. The molecule has 0 saturated carbocycles. The number of aromatic nitrogens is 3. The zero-order chi connectivity index (χ0) is 16.2. The lowest BCUT2D eigenvalue weighted by atomic mass is 10.1. The number of rotatable bonds is 4. The monoisotopic (exact) mass is 322 g/mol. The summed E-state index contributed by atoms with van der Waals surface area (Å²) in [5.41, 5.74) is 2.20. The van der Waals surface area contributed by atoms with Crippen molar-refractivity contribution in [3.8, 4) is 11.6 Å². The van der Waals surface area contributed by atoms with Crippen molar-refractivity contribution in [2.45, 2.75) is 12.6 Å². The third-order valence-corrected chi connectivity index (χ3v) is 4.06. The highest BCUT2D eigenvalue weighted by Crippen LogP contribution is 2.22. The van der Waals surface area contributed by atoms with E-state index in [0.717, 1.165) is 30.8 Å². The topological polar surface area (TPSA) is 64.3 Å². The van der Waals surface area contributed by atoms with Gasteiger partial charge in [0.2, 0.25) is 0 Å². The Hall–Kier alpha value is -2.57. The quantitative estimate of drug-likeness (QED) is 0.736. The van der Waals surface area contributed by atoms with Gasteiger partial charge in [-0.3, -0.25) is 9.88 Å². The van der Waals surface area contributed by atoms with E-state index < -0.39 is 0 Å². The minimum atomic E-state index is 0.0655. The molecule has 0 bridgehead atoms. The van der Waals surface area contributed by atoms with Crippen LogP contribution in [0, 0.1) is 0 Å². The van der Waals surface area contributed by atoms with Gasteiger partial charge in [-0.05, 0) is 18.2 Å². The molecule has 0 aromatic carbocycles. The second-order valence-electron chi connectivity index (χ2n) is 5.77. The molecular formula is C18H18N4O2. The summed E-state index contributed by atoms with van der Waals surface area (Å²) in [5, 5.41) is 0. The molecule has 1 atom stereocenters. The Morgan fingerprint density at radius 2 is 2.04 bits per heavy atom. The maximum atomic E-state index is 5.87. The molecule has 0 radical (unpaired) electrons. The molecule has 3 aromatic heterocycles. The predicted molar refractivity (Wildman–Crippen MR) is 87.9 cm³/mol. The summed E-state index contributed by atoms with van der Waals surface area (Å²) in [6.45, 7) is 3.26. The smallest absolute Gasteiger partial charge is 0.195 e. The molecule has 0 spiro atoms. The van der Waals surface area contributed by atoms with E-state index in [2.05, 4.69) is 25.9 Å². The highest BCUT2D eigenvalue weighted by atomic mass is 16.5. The fourth-order valence-corrected chi connectivity index (χ4v) is 2.84. The summed E-state index contributed by atoms with van der Waals surface area (Å²) in [4.78, 5) is 15.3. The molecule has 0 amide bonds. The van der Waals surface area contributed by atoms with Crippen molar-refractivity contribution in [2.75, 3.05) is 19.7 Å². The average molecular weight is 322 g/mol. The van der Waals surface area contributed by atoms with Crippen LogP contribution in [-0.2, 0) is 11.3 Å². The number of hydrogen-bond acceptors (Lipinski definition) is 6. The maximum absolute atomic E-state index is 5.87. The molecule has 4 heterocycles. The summed E-state index contributed by atoms with van der Waals surface area (Å²) in [6.07, 6.45) is 9.06. The normalized spacial score (nSPS) is 18.6. The van der Waals surface area contributed by atoms with Crippen molar-refractivity contribution in [3.63, 3.8) is 0 Å². The van der Waals surface area contributed by atoms with Gasteiger partial charge in [-0.2, -0.15) is 0 Å². The van der Waals surface area contributed by atoms with Crippen molar-refractivity contribution in [2.24, 2.45) is 0 Å². The summed E-state index contributed by atoms with van der Waals surface area (Å²) in [6, 6.07) is 7.69. The number of pyridine rings is 1. The number of furan rings is 1. The highest BCUT2D eigenvalue weighted by Gasteiger charge is 2.22. The van der Waals surface area contributed by atoms with Gasteiger partial charge in [-0.1, -0.05) is 6.07 Å². The molecule has 6 heteroatoms. The average Bonchev–Trinajstić information content (AvgIpc) is 3.18. The first kappa shape index (κ1) is 15.0. The van der Waals surface area contributed by atoms with Crippen molar-refractivity contribution < 1.29 is 9.15 Å². The molecule has 3 aromatic rings. The van der Waals surface area contributed by atoms with E-state index >= 15 is 0 Å². The fourth-order valence-electron chi connectivity index (χ4n) is 2.84. The van der Waals surface area contributed by atoms with E-state index in [1.165, 1.54) is 0 Å². The Kier molecular flexibility index (Phi) is 4.31. The van der Waals surface area contributed by atoms with E-state index in [1.54, 1.807) is 12.5 Å². The van der Waals surface area contributed by atoms with Gasteiger partial charge >= 0.3 is 0 Å². The van der Waals surface area contributed by atoms with Gasteiger partial charge in [0.1, 0.15) is 0 Å². The Morgan fingerprint density at radius 3 is 2.79 bits per heavy atom. The van der Waals surface area contributed by atoms with E-state index in [1.807, 2.05) is 36.8 Å². The molecule has 1 unspecified atom stereocenters. The second kappa shape index (κ2) is 6.90. The summed E-state index contributed by atoms with van der Waals surface area (Å²) in [7, 11) is 0. The SMILES string of the molecule is c1cncc(C2CN(Cc3cnc(-c4ccco4)nc3)CCO2)c1. The minimum Gasteiger partial charge on any atom is -0.461 e. The number of nitrogens with zero attached hydrogens (tertiary/aromatic N) is 4. The third kappa shape index (κ3) is 3.34. The number of ether oxygens (including phenoxy) is 1. The van der Waals surface area contributed by atoms with Gasteiger partial charge in [-0.15, -0.1) is 0 Å². The van der Waals surface area contributed by atoms with Gasteiger partial charge in [0.25, 0.3) is 0 Å². The van der Waals surface area contributed by atoms with Crippen LogP contribution in [0.5, 0.6) is 0 Å². The van der Waals surface area contributed by atoms with Gasteiger partial charge in [0.05, 0.1) is 19.0 Å². The van der Waals surface area contributed by atoms with Crippen LogP contribution in [0.1, 0.15) is 17.2 Å². The van der Waals surface area contributed by atoms with Crippen LogP contribution in [0.4, 0.5) is 0 Å². The summed E-state index contributed by atoms with van der Waals surface area (Å²) < 4.78 is 11.2. The van der Waals surface area contributed by atoms with Crippen LogP contribution in [0.15, 0.2) is 59.7 Å². The largest absolute Gasteiger partial charge is 0.461 e. The number of morpholine rings is 1. The fraction of sp³-hybridized carbons (Fsp3) is 0.278. The lowest BCUT2D eigenvalue weighted by Gasteiger charge is -2.32. The molecule has 6 nitrogen and oxygen atoms in total. The molecule has 1 fully saturated rings. The Labute approximate surface area is 140 Å². The molecule has 1 saturated heterocycles. The standard InChI is InChI=1S/C18H18N4O2/c1-3-15(11-19-5-1)17-13-22(6-8-24-17)12-14-9-20-18(21-10-14)16-4-2-7-23-16/h1-5,7,9-11,17H,6,8,12-13H2. The van der Waals surface area contributed by atoms with E-state index in [4.69, 9.17) is 9.15 Å². The molecular weight excluding hydrogens is 304 g/mol. The molecule has 122 valence electrons. The molecule has 0 aliphatic carbocycles. The van der Waals surface area contributed by atoms with E-state index in [0.29, 0.717) is 18.2 Å². The van der Waals surface area contributed by atoms with Gasteiger partial charge in [0, 0.05) is 55.5 Å². The number of hydrogen-bond donors (Lipinski definition) is 0. The van der Waals surface area contributed by atoms with Crippen molar-refractivity contribution in [3.05, 3.63) is 66.4 Å². The molecule has 4 rings (SSSR count). The maximum Gasteiger partial charge on any atom is 0.195 e. The second-order valence-corrected chi connectivity index (χ2v) is 5.77. The first-order valence-electron chi connectivity index (χ1n) is 7.97. The van der Waals surface area contributed by atoms with Crippen molar-refractivity contribution in [1.82, 2.24) is 19.9 Å². The van der Waals surface area contributed by atoms with Crippen LogP contribution in [0.25, 0.3) is 11.6 Å². The lowest BCUT2D eigenvalue weighted by Crippen LogP contribution is -2.37. The molecule has 24 heavy (non-hydrogen) atoms.